The number of amides is 1. The van der Waals surface area contributed by atoms with E-state index in [1.807, 2.05) is 29.2 Å². The highest BCUT2D eigenvalue weighted by Gasteiger charge is 2.16. The summed E-state index contributed by atoms with van der Waals surface area (Å²) >= 11 is 0. The monoisotopic (exact) mass is 426 g/mol. The van der Waals surface area contributed by atoms with E-state index < -0.39 is 0 Å². The van der Waals surface area contributed by atoms with Crippen LogP contribution in [0.25, 0.3) is 11.4 Å². The lowest BCUT2D eigenvalue weighted by atomic mass is 10.2. The summed E-state index contributed by atoms with van der Waals surface area (Å²) in [6.07, 6.45) is 0.417. The second-order valence-electron chi connectivity index (χ2n) is 7.05. The van der Waals surface area contributed by atoms with E-state index in [0.717, 1.165) is 11.3 Å². The minimum atomic E-state index is -0.374. The maximum absolute atomic E-state index is 14.5. The van der Waals surface area contributed by atoms with Crippen molar-refractivity contribution >= 4 is 17.3 Å². The van der Waals surface area contributed by atoms with Gasteiger partial charge in [0.25, 0.3) is 0 Å². The molecule has 2 heterocycles. The lowest BCUT2D eigenvalue weighted by Crippen LogP contribution is -2.36. The van der Waals surface area contributed by atoms with Crippen molar-refractivity contribution in [2.75, 3.05) is 43.6 Å². The molecular formula is C22H23FN4O4. The molecule has 8 nitrogen and oxygen atoms in total. The zero-order chi connectivity index (χ0) is 21.6. The molecule has 1 aromatic heterocycles. The minimum Gasteiger partial charge on any atom is -0.497 e. The maximum Gasteiger partial charge on any atom is 0.227 e. The molecule has 31 heavy (non-hydrogen) atoms. The van der Waals surface area contributed by atoms with Gasteiger partial charge in [-0.3, -0.25) is 4.79 Å². The fourth-order valence-corrected chi connectivity index (χ4v) is 3.30. The van der Waals surface area contributed by atoms with Crippen molar-refractivity contribution < 1.29 is 23.2 Å². The zero-order valence-electron chi connectivity index (χ0n) is 17.1. The number of carbonyl (C=O) groups is 1. The fourth-order valence-electron chi connectivity index (χ4n) is 3.30. The number of anilines is 2. The highest BCUT2D eigenvalue weighted by molar-refractivity contribution is 5.91. The minimum absolute atomic E-state index is 0.136. The van der Waals surface area contributed by atoms with Gasteiger partial charge >= 0.3 is 0 Å². The Morgan fingerprint density at radius 3 is 2.68 bits per heavy atom. The third kappa shape index (κ3) is 5.18. The van der Waals surface area contributed by atoms with Gasteiger partial charge in [0.05, 0.1) is 26.0 Å². The number of rotatable bonds is 7. The Kier molecular flexibility index (Phi) is 6.42. The number of nitrogens with zero attached hydrogens (tertiary/aromatic N) is 3. The fraction of sp³-hybridized carbons (Fsp3) is 0.318. The topological polar surface area (TPSA) is 89.7 Å². The largest absolute Gasteiger partial charge is 0.497 e. The molecule has 1 saturated heterocycles. The van der Waals surface area contributed by atoms with Gasteiger partial charge in [-0.25, -0.2) is 4.39 Å². The summed E-state index contributed by atoms with van der Waals surface area (Å²) in [5, 5.41) is 6.66. The number of aryl methyl sites for hydroxylation is 1. The van der Waals surface area contributed by atoms with Crippen LogP contribution in [0.15, 0.2) is 47.0 Å². The van der Waals surface area contributed by atoms with Crippen LogP contribution >= 0.6 is 0 Å². The summed E-state index contributed by atoms with van der Waals surface area (Å²) in [5.74, 6) is 0.899. The summed E-state index contributed by atoms with van der Waals surface area (Å²) < 4.78 is 30.1. The van der Waals surface area contributed by atoms with E-state index in [0.29, 0.717) is 49.4 Å². The van der Waals surface area contributed by atoms with Crippen LogP contribution in [-0.2, 0) is 16.0 Å². The van der Waals surface area contributed by atoms with E-state index in [2.05, 4.69) is 15.5 Å². The first-order valence-corrected chi connectivity index (χ1v) is 10.0. The van der Waals surface area contributed by atoms with Gasteiger partial charge in [-0.15, -0.1) is 0 Å². The lowest BCUT2D eigenvalue weighted by Gasteiger charge is -2.29. The molecule has 1 N–H and O–H groups in total. The quantitative estimate of drug-likeness (QED) is 0.620. The van der Waals surface area contributed by atoms with Crippen molar-refractivity contribution in [3.05, 3.63) is 54.2 Å². The molecule has 0 spiro atoms. The van der Waals surface area contributed by atoms with Crippen molar-refractivity contribution in [2.45, 2.75) is 12.8 Å². The van der Waals surface area contributed by atoms with E-state index in [-0.39, 0.29) is 24.6 Å². The van der Waals surface area contributed by atoms with Crippen LogP contribution in [0.5, 0.6) is 5.75 Å². The zero-order valence-corrected chi connectivity index (χ0v) is 17.1. The normalized spacial score (nSPS) is 13.8. The highest BCUT2D eigenvalue weighted by Crippen LogP contribution is 2.24. The predicted molar refractivity (Wildman–Crippen MR) is 113 cm³/mol. The van der Waals surface area contributed by atoms with Crippen LogP contribution in [-0.4, -0.2) is 49.5 Å². The van der Waals surface area contributed by atoms with E-state index in [1.165, 1.54) is 6.07 Å². The summed E-state index contributed by atoms with van der Waals surface area (Å²) in [7, 11) is 1.60. The average molecular weight is 426 g/mol. The number of morpholine rings is 1. The van der Waals surface area contributed by atoms with Crippen molar-refractivity contribution in [3.63, 3.8) is 0 Å². The molecule has 0 bridgehead atoms. The SMILES string of the molecule is COc1ccc(-c2noc(CCC(=O)Nc3ccc(N4CCOCC4)c(F)c3)n2)cc1. The number of methoxy groups -OCH3 is 1. The van der Waals surface area contributed by atoms with E-state index in [9.17, 15) is 9.18 Å². The van der Waals surface area contributed by atoms with E-state index in [4.69, 9.17) is 14.0 Å². The van der Waals surface area contributed by atoms with Gasteiger partial charge in [-0.1, -0.05) is 5.16 Å². The van der Waals surface area contributed by atoms with Gasteiger partial charge in [0.2, 0.25) is 17.6 Å². The molecule has 1 fully saturated rings. The summed E-state index contributed by atoms with van der Waals surface area (Å²) in [6.45, 7) is 2.44. The van der Waals surface area contributed by atoms with Gasteiger partial charge < -0.3 is 24.2 Å². The maximum atomic E-state index is 14.5. The second kappa shape index (κ2) is 9.57. The molecule has 1 amide bonds. The first kappa shape index (κ1) is 20.8. The summed E-state index contributed by atoms with van der Waals surface area (Å²) in [5.41, 5.74) is 1.71. The van der Waals surface area contributed by atoms with Crippen LogP contribution in [0.1, 0.15) is 12.3 Å². The number of nitrogens with one attached hydrogen (secondary N) is 1. The number of benzene rings is 2. The molecule has 0 saturated carbocycles. The Bertz CT molecular complexity index is 1030. The third-order valence-corrected chi connectivity index (χ3v) is 4.97. The highest BCUT2D eigenvalue weighted by atomic mass is 19.1. The van der Waals surface area contributed by atoms with Crippen molar-refractivity contribution in [2.24, 2.45) is 0 Å². The molecule has 3 aromatic rings. The van der Waals surface area contributed by atoms with Gasteiger partial charge in [-0.05, 0) is 42.5 Å². The van der Waals surface area contributed by atoms with Gasteiger partial charge in [0, 0.05) is 37.2 Å². The Labute approximate surface area is 179 Å². The van der Waals surface area contributed by atoms with Crippen LogP contribution in [0.4, 0.5) is 15.8 Å². The summed E-state index contributed by atoms with van der Waals surface area (Å²) in [4.78, 5) is 18.5. The second-order valence-corrected chi connectivity index (χ2v) is 7.05. The molecule has 1 aliphatic rings. The Morgan fingerprint density at radius 2 is 1.97 bits per heavy atom. The smallest absolute Gasteiger partial charge is 0.227 e. The van der Waals surface area contributed by atoms with Gasteiger partial charge in [0.15, 0.2) is 0 Å². The first-order valence-electron chi connectivity index (χ1n) is 10.0. The van der Waals surface area contributed by atoms with Gasteiger partial charge in [0.1, 0.15) is 11.6 Å². The molecule has 4 rings (SSSR count). The molecular weight excluding hydrogens is 403 g/mol. The van der Waals surface area contributed by atoms with Crippen molar-refractivity contribution in [1.82, 2.24) is 10.1 Å². The Hall–Kier alpha value is -3.46. The van der Waals surface area contributed by atoms with Crippen LogP contribution in [0, 0.1) is 5.82 Å². The first-order chi connectivity index (χ1) is 15.1. The number of hydrogen-bond donors (Lipinski definition) is 1. The summed E-state index contributed by atoms with van der Waals surface area (Å²) in [6, 6.07) is 12.0. The van der Waals surface area contributed by atoms with Crippen molar-refractivity contribution in [1.29, 1.82) is 0 Å². The number of hydrogen-bond acceptors (Lipinski definition) is 7. The number of ether oxygens (including phenoxy) is 2. The molecule has 1 aliphatic heterocycles. The molecule has 9 heteroatoms. The molecule has 162 valence electrons. The molecule has 0 radical (unpaired) electrons. The van der Waals surface area contributed by atoms with Crippen molar-refractivity contribution in [3.8, 4) is 17.1 Å². The number of aromatic nitrogens is 2. The Balaban J connectivity index is 1.31. The number of carbonyl (C=O) groups excluding carboxylic acids is 1. The van der Waals surface area contributed by atoms with E-state index in [1.54, 1.807) is 19.2 Å². The molecule has 0 atom stereocenters. The average Bonchev–Trinajstić information content (AvgIpc) is 3.28. The standard InChI is InChI=1S/C22H23FN4O4/c1-29-17-5-2-15(3-6-17)22-25-21(31-26-22)9-8-20(28)24-16-4-7-19(18(23)14-16)27-10-12-30-13-11-27/h2-7,14H,8-13H2,1H3,(H,24,28). The van der Waals surface area contributed by atoms with Gasteiger partial charge in [-0.2, -0.15) is 4.98 Å². The molecule has 0 aliphatic carbocycles. The Morgan fingerprint density at radius 1 is 1.19 bits per heavy atom. The van der Waals surface area contributed by atoms with Crippen LogP contribution < -0.4 is 15.0 Å². The molecule has 0 unspecified atom stereocenters. The van der Waals surface area contributed by atoms with Crippen LogP contribution in [0.3, 0.4) is 0 Å². The predicted octanol–water partition coefficient (Wildman–Crippen LogP) is 3.29. The number of halogens is 1. The lowest BCUT2D eigenvalue weighted by molar-refractivity contribution is -0.116. The van der Waals surface area contributed by atoms with E-state index >= 15 is 0 Å². The molecule has 2 aromatic carbocycles. The van der Waals surface area contributed by atoms with Crippen LogP contribution in [0.2, 0.25) is 0 Å². The third-order valence-electron chi connectivity index (χ3n) is 4.97.